The average Bonchev–Trinajstić information content (AvgIpc) is 2.45. The van der Waals surface area contributed by atoms with E-state index in [0.717, 1.165) is 5.56 Å². The third kappa shape index (κ3) is 2.92. The molecule has 0 bridgehead atoms. The van der Waals surface area contributed by atoms with Gasteiger partial charge >= 0.3 is 11.9 Å². The number of pyridine rings is 1. The third-order valence-electron chi connectivity index (χ3n) is 2.71. The van der Waals surface area contributed by atoms with Crippen LogP contribution in [-0.4, -0.2) is 27.1 Å². The molecule has 0 unspecified atom stereocenters. The fourth-order valence-corrected chi connectivity index (χ4v) is 1.81. The number of aromatic nitrogens is 1. The van der Waals surface area contributed by atoms with E-state index in [1.165, 1.54) is 18.2 Å². The van der Waals surface area contributed by atoms with Crippen LogP contribution in [0.2, 0.25) is 0 Å². The minimum absolute atomic E-state index is 0.242. The average molecular weight is 272 g/mol. The number of nitrogens with zero attached hydrogens (tertiary/aromatic N) is 1. The van der Waals surface area contributed by atoms with Crippen molar-refractivity contribution in [1.29, 1.82) is 0 Å². The summed E-state index contributed by atoms with van der Waals surface area (Å²) in [6.07, 6.45) is 3.28. The van der Waals surface area contributed by atoms with Gasteiger partial charge in [0, 0.05) is 24.6 Å². The summed E-state index contributed by atoms with van der Waals surface area (Å²) in [5.41, 5.74) is 0.642. The Morgan fingerprint density at radius 1 is 1.10 bits per heavy atom. The van der Waals surface area contributed by atoms with Crippen molar-refractivity contribution in [2.24, 2.45) is 0 Å². The first kappa shape index (κ1) is 13.5. The van der Waals surface area contributed by atoms with E-state index in [1.54, 1.807) is 18.5 Å². The van der Waals surface area contributed by atoms with Gasteiger partial charge in [0.05, 0.1) is 11.1 Å². The molecule has 1 aromatic heterocycles. The maximum absolute atomic E-state index is 11.2. The van der Waals surface area contributed by atoms with Gasteiger partial charge in [-0.05, 0) is 23.8 Å². The number of nitrogens with one attached hydrogen (secondary N) is 1. The largest absolute Gasteiger partial charge is 0.478 e. The van der Waals surface area contributed by atoms with Crippen LogP contribution < -0.4 is 5.32 Å². The van der Waals surface area contributed by atoms with Crippen molar-refractivity contribution in [3.05, 3.63) is 59.4 Å². The zero-order valence-electron chi connectivity index (χ0n) is 10.4. The van der Waals surface area contributed by atoms with Crippen LogP contribution in [0.4, 0.5) is 5.69 Å². The Morgan fingerprint density at radius 2 is 1.90 bits per heavy atom. The molecular weight excluding hydrogens is 260 g/mol. The number of hydrogen-bond acceptors (Lipinski definition) is 4. The van der Waals surface area contributed by atoms with Crippen LogP contribution in [0, 0.1) is 0 Å². The highest BCUT2D eigenvalue weighted by molar-refractivity contribution is 6.05. The predicted octanol–water partition coefficient (Wildman–Crippen LogP) is 2.09. The lowest BCUT2D eigenvalue weighted by Crippen LogP contribution is -2.12. The summed E-state index contributed by atoms with van der Waals surface area (Å²) < 4.78 is 0. The summed E-state index contributed by atoms with van der Waals surface area (Å²) >= 11 is 0. The zero-order chi connectivity index (χ0) is 14.5. The molecule has 0 aliphatic heterocycles. The molecule has 0 aliphatic carbocycles. The molecule has 0 spiro atoms. The number of rotatable bonds is 5. The highest BCUT2D eigenvalue weighted by Crippen LogP contribution is 2.21. The standard InChI is InChI=1S/C14H12N2O4/c17-13(18)10-4-1-5-11(12(10)14(19)20)16-8-9-3-2-6-15-7-9/h1-7,16H,8H2,(H,17,18)(H,19,20). The number of benzene rings is 1. The maximum atomic E-state index is 11.2. The number of anilines is 1. The molecule has 6 nitrogen and oxygen atoms in total. The summed E-state index contributed by atoms with van der Waals surface area (Å²) in [7, 11) is 0. The van der Waals surface area contributed by atoms with E-state index in [1.807, 2.05) is 6.07 Å². The minimum atomic E-state index is -1.28. The van der Waals surface area contributed by atoms with Crippen LogP contribution in [0.5, 0.6) is 0 Å². The van der Waals surface area contributed by atoms with E-state index in [-0.39, 0.29) is 16.8 Å². The lowest BCUT2D eigenvalue weighted by Gasteiger charge is -2.11. The van der Waals surface area contributed by atoms with Crippen molar-refractivity contribution in [3.63, 3.8) is 0 Å². The molecule has 1 heterocycles. The number of carboxylic acid groups (broad SMARTS) is 2. The molecular formula is C14H12N2O4. The molecule has 3 N–H and O–H groups in total. The molecule has 0 atom stereocenters. The minimum Gasteiger partial charge on any atom is -0.478 e. The second kappa shape index (κ2) is 5.83. The monoisotopic (exact) mass is 272 g/mol. The van der Waals surface area contributed by atoms with E-state index in [9.17, 15) is 14.7 Å². The molecule has 0 radical (unpaired) electrons. The Bertz CT molecular complexity index is 641. The lowest BCUT2D eigenvalue weighted by atomic mass is 10.1. The molecule has 20 heavy (non-hydrogen) atoms. The highest BCUT2D eigenvalue weighted by atomic mass is 16.4. The second-order valence-electron chi connectivity index (χ2n) is 4.05. The van der Waals surface area contributed by atoms with Crippen LogP contribution in [0.15, 0.2) is 42.7 Å². The molecule has 1 aromatic carbocycles. The van der Waals surface area contributed by atoms with Gasteiger partial charge in [-0.3, -0.25) is 4.98 Å². The van der Waals surface area contributed by atoms with Gasteiger partial charge in [0.1, 0.15) is 0 Å². The third-order valence-corrected chi connectivity index (χ3v) is 2.71. The Balaban J connectivity index is 2.30. The Morgan fingerprint density at radius 3 is 2.50 bits per heavy atom. The molecule has 2 aromatic rings. The molecule has 2 rings (SSSR count). The van der Waals surface area contributed by atoms with Crippen molar-refractivity contribution in [1.82, 2.24) is 4.98 Å². The smallest absolute Gasteiger partial charge is 0.338 e. The fourth-order valence-electron chi connectivity index (χ4n) is 1.81. The van der Waals surface area contributed by atoms with Crippen molar-refractivity contribution < 1.29 is 19.8 Å². The first-order valence-electron chi connectivity index (χ1n) is 5.82. The molecule has 0 amide bonds. The lowest BCUT2D eigenvalue weighted by molar-refractivity contribution is 0.0652. The van der Waals surface area contributed by atoms with Crippen molar-refractivity contribution >= 4 is 17.6 Å². The molecule has 0 fully saturated rings. The van der Waals surface area contributed by atoms with Gasteiger partial charge in [0.25, 0.3) is 0 Å². The van der Waals surface area contributed by atoms with Crippen LogP contribution in [0.1, 0.15) is 26.3 Å². The van der Waals surface area contributed by atoms with E-state index >= 15 is 0 Å². The first-order valence-corrected chi connectivity index (χ1v) is 5.82. The summed E-state index contributed by atoms with van der Waals surface area (Å²) in [4.78, 5) is 26.2. The predicted molar refractivity (Wildman–Crippen MR) is 71.9 cm³/mol. The highest BCUT2D eigenvalue weighted by Gasteiger charge is 2.19. The van der Waals surface area contributed by atoms with Crippen LogP contribution in [0.3, 0.4) is 0 Å². The van der Waals surface area contributed by atoms with E-state index in [2.05, 4.69) is 10.3 Å². The number of carboxylic acids is 2. The van der Waals surface area contributed by atoms with Crippen LogP contribution >= 0.6 is 0 Å². The molecule has 6 heteroatoms. The Labute approximate surface area is 114 Å². The van der Waals surface area contributed by atoms with Crippen LogP contribution in [-0.2, 0) is 6.54 Å². The zero-order valence-corrected chi connectivity index (χ0v) is 10.4. The topological polar surface area (TPSA) is 99.5 Å². The summed E-state index contributed by atoms with van der Waals surface area (Å²) in [6.45, 7) is 0.358. The summed E-state index contributed by atoms with van der Waals surface area (Å²) in [5.74, 6) is -2.55. The first-order chi connectivity index (χ1) is 9.59. The maximum Gasteiger partial charge on any atom is 0.338 e. The van der Waals surface area contributed by atoms with E-state index in [0.29, 0.717) is 6.54 Å². The Hall–Kier alpha value is -2.89. The SMILES string of the molecule is O=C(O)c1cccc(NCc2cccnc2)c1C(=O)O. The van der Waals surface area contributed by atoms with Gasteiger partial charge in [-0.15, -0.1) is 0 Å². The van der Waals surface area contributed by atoms with E-state index < -0.39 is 11.9 Å². The second-order valence-corrected chi connectivity index (χ2v) is 4.05. The summed E-state index contributed by atoms with van der Waals surface area (Å²) in [5, 5.41) is 21.1. The number of hydrogen-bond donors (Lipinski definition) is 3. The number of carbonyl (C=O) groups is 2. The van der Waals surface area contributed by atoms with Crippen LogP contribution in [0.25, 0.3) is 0 Å². The van der Waals surface area contributed by atoms with Gasteiger partial charge in [-0.25, -0.2) is 9.59 Å². The molecule has 102 valence electrons. The van der Waals surface area contributed by atoms with Gasteiger partial charge in [0.15, 0.2) is 0 Å². The van der Waals surface area contributed by atoms with Crippen molar-refractivity contribution in [2.75, 3.05) is 5.32 Å². The van der Waals surface area contributed by atoms with Gasteiger partial charge in [0.2, 0.25) is 0 Å². The number of aromatic carboxylic acids is 2. The Kier molecular flexibility index (Phi) is 3.95. The summed E-state index contributed by atoms with van der Waals surface area (Å²) in [6, 6.07) is 7.90. The molecule has 0 aliphatic rings. The normalized spacial score (nSPS) is 10.0. The van der Waals surface area contributed by atoms with Gasteiger partial charge in [-0.2, -0.15) is 0 Å². The molecule has 0 saturated heterocycles. The van der Waals surface area contributed by atoms with Gasteiger partial charge < -0.3 is 15.5 Å². The van der Waals surface area contributed by atoms with Gasteiger partial charge in [-0.1, -0.05) is 12.1 Å². The molecule has 0 saturated carbocycles. The van der Waals surface area contributed by atoms with Crippen molar-refractivity contribution in [3.8, 4) is 0 Å². The van der Waals surface area contributed by atoms with E-state index in [4.69, 9.17) is 5.11 Å². The quantitative estimate of drug-likeness (QED) is 0.770. The van der Waals surface area contributed by atoms with Crippen molar-refractivity contribution in [2.45, 2.75) is 6.54 Å². The fraction of sp³-hybridized carbons (Fsp3) is 0.0714.